The Hall–Kier alpha value is -1.87. The lowest BCUT2D eigenvalue weighted by atomic mass is 10.1. The van der Waals surface area contributed by atoms with Crippen LogP contribution < -0.4 is 10.5 Å². The van der Waals surface area contributed by atoms with E-state index in [-0.39, 0.29) is 6.04 Å². The van der Waals surface area contributed by atoms with Crippen LogP contribution in [0, 0.1) is 0 Å². The number of hydrogen-bond acceptors (Lipinski definition) is 3. The Morgan fingerprint density at radius 3 is 2.71 bits per heavy atom. The van der Waals surface area contributed by atoms with Crippen LogP contribution in [-0.2, 0) is 6.61 Å². The Morgan fingerprint density at radius 2 is 2.00 bits per heavy atom. The molecular weight excluding hydrogens is 212 g/mol. The van der Waals surface area contributed by atoms with E-state index in [4.69, 9.17) is 10.5 Å². The summed E-state index contributed by atoms with van der Waals surface area (Å²) >= 11 is 0. The zero-order chi connectivity index (χ0) is 12.1. The summed E-state index contributed by atoms with van der Waals surface area (Å²) in [6.07, 6.45) is 3.52. The van der Waals surface area contributed by atoms with Crippen LogP contribution in [0.25, 0.3) is 0 Å². The number of nitrogens with two attached hydrogens (primary N) is 1. The van der Waals surface area contributed by atoms with Gasteiger partial charge in [0.15, 0.2) is 0 Å². The molecule has 0 aliphatic heterocycles. The van der Waals surface area contributed by atoms with Crippen LogP contribution in [0.5, 0.6) is 5.75 Å². The van der Waals surface area contributed by atoms with E-state index in [0.717, 1.165) is 16.9 Å². The van der Waals surface area contributed by atoms with Crippen molar-refractivity contribution in [1.29, 1.82) is 0 Å². The quantitative estimate of drug-likeness (QED) is 0.875. The normalized spacial score (nSPS) is 12.1. The van der Waals surface area contributed by atoms with Crippen molar-refractivity contribution < 1.29 is 4.74 Å². The van der Waals surface area contributed by atoms with Gasteiger partial charge in [-0.05, 0) is 42.3 Å². The molecule has 0 amide bonds. The Kier molecular flexibility index (Phi) is 3.73. The van der Waals surface area contributed by atoms with Gasteiger partial charge in [-0.3, -0.25) is 4.98 Å². The van der Waals surface area contributed by atoms with Crippen molar-refractivity contribution in [2.45, 2.75) is 19.6 Å². The highest BCUT2D eigenvalue weighted by Crippen LogP contribution is 2.18. The number of nitrogens with zero attached hydrogens (tertiary/aromatic N) is 1. The Balaban J connectivity index is 2.02. The van der Waals surface area contributed by atoms with Gasteiger partial charge >= 0.3 is 0 Å². The largest absolute Gasteiger partial charge is 0.489 e. The predicted octanol–water partition coefficient (Wildman–Crippen LogP) is 2.68. The molecule has 88 valence electrons. The van der Waals surface area contributed by atoms with Gasteiger partial charge in [-0.2, -0.15) is 0 Å². The van der Waals surface area contributed by atoms with Crippen LogP contribution in [0.1, 0.15) is 24.1 Å². The monoisotopic (exact) mass is 228 g/mol. The van der Waals surface area contributed by atoms with Gasteiger partial charge in [0, 0.05) is 18.4 Å². The van der Waals surface area contributed by atoms with Crippen molar-refractivity contribution in [3.05, 3.63) is 59.9 Å². The van der Waals surface area contributed by atoms with Gasteiger partial charge in [0.25, 0.3) is 0 Å². The average molecular weight is 228 g/mol. The van der Waals surface area contributed by atoms with E-state index in [1.54, 1.807) is 12.4 Å². The minimum absolute atomic E-state index is 0.0273. The van der Waals surface area contributed by atoms with E-state index in [1.165, 1.54) is 0 Å². The van der Waals surface area contributed by atoms with Crippen molar-refractivity contribution in [2.24, 2.45) is 5.73 Å². The number of aromatic nitrogens is 1. The van der Waals surface area contributed by atoms with Gasteiger partial charge in [0.2, 0.25) is 0 Å². The lowest BCUT2D eigenvalue weighted by Gasteiger charge is -2.09. The highest BCUT2D eigenvalue weighted by molar-refractivity contribution is 5.30. The first-order valence-electron chi connectivity index (χ1n) is 5.63. The van der Waals surface area contributed by atoms with Gasteiger partial charge in [-0.15, -0.1) is 0 Å². The van der Waals surface area contributed by atoms with E-state index in [9.17, 15) is 0 Å². The van der Waals surface area contributed by atoms with Crippen LogP contribution in [0.4, 0.5) is 0 Å². The molecule has 0 aliphatic rings. The fraction of sp³-hybridized carbons (Fsp3) is 0.214. The second-order valence-electron chi connectivity index (χ2n) is 4.01. The Bertz CT molecular complexity index is 469. The minimum atomic E-state index is 0.0273. The molecule has 1 aromatic heterocycles. The molecule has 17 heavy (non-hydrogen) atoms. The van der Waals surface area contributed by atoms with Crippen molar-refractivity contribution in [1.82, 2.24) is 4.98 Å². The lowest BCUT2D eigenvalue weighted by molar-refractivity contribution is 0.305. The van der Waals surface area contributed by atoms with E-state index >= 15 is 0 Å². The summed E-state index contributed by atoms with van der Waals surface area (Å²) in [5.74, 6) is 0.844. The summed E-state index contributed by atoms with van der Waals surface area (Å²) < 4.78 is 5.70. The van der Waals surface area contributed by atoms with Gasteiger partial charge < -0.3 is 10.5 Å². The molecule has 0 fully saturated rings. The topological polar surface area (TPSA) is 48.1 Å². The molecule has 1 aromatic carbocycles. The maximum atomic E-state index is 5.83. The molecule has 1 atom stereocenters. The third kappa shape index (κ3) is 3.29. The van der Waals surface area contributed by atoms with Crippen LogP contribution in [-0.4, -0.2) is 4.98 Å². The summed E-state index contributed by atoms with van der Waals surface area (Å²) in [5.41, 5.74) is 8.01. The molecule has 0 aliphatic carbocycles. The first kappa shape index (κ1) is 11.6. The molecule has 2 rings (SSSR count). The van der Waals surface area contributed by atoms with Crippen molar-refractivity contribution in [3.8, 4) is 5.75 Å². The first-order chi connectivity index (χ1) is 8.25. The Morgan fingerprint density at radius 1 is 1.24 bits per heavy atom. The van der Waals surface area contributed by atoms with E-state index in [2.05, 4.69) is 4.98 Å². The summed E-state index contributed by atoms with van der Waals surface area (Å²) in [7, 11) is 0. The summed E-state index contributed by atoms with van der Waals surface area (Å²) in [4.78, 5) is 3.97. The molecule has 2 aromatic rings. The van der Waals surface area contributed by atoms with Crippen LogP contribution in [0.3, 0.4) is 0 Å². The standard InChI is InChI=1S/C14H16N2O/c1-11(15)13-3-2-4-14(9-13)17-10-12-5-7-16-8-6-12/h2-9,11H,10,15H2,1H3/t11-/m1/s1. The number of rotatable bonds is 4. The molecule has 0 saturated carbocycles. The second-order valence-corrected chi connectivity index (χ2v) is 4.01. The third-order valence-electron chi connectivity index (χ3n) is 2.54. The fourth-order valence-electron chi connectivity index (χ4n) is 1.53. The second kappa shape index (κ2) is 5.46. The van der Waals surface area contributed by atoms with Crippen molar-refractivity contribution >= 4 is 0 Å². The highest BCUT2D eigenvalue weighted by atomic mass is 16.5. The molecule has 0 spiro atoms. The van der Waals surface area contributed by atoms with Gasteiger partial charge in [-0.25, -0.2) is 0 Å². The molecule has 0 saturated heterocycles. The number of hydrogen-bond donors (Lipinski definition) is 1. The zero-order valence-electron chi connectivity index (χ0n) is 9.84. The molecule has 1 heterocycles. The van der Waals surface area contributed by atoms with Gasteiger partial charge in [-0.1, -0.05) is 12.1 Å². The lowest BCUT2D eigenvalue weighted by Crippen LogP contribution is -2.05. The molecular formula is C14H16N2O. The smallest absolute Gasteiger partial charge is 0.120 e. The zero-order valence-corrected chi connectivity index (χ0v) is 9.84. The van der Waals surface area contributed by atoms with E-state index in [0.29, 0.717) is 6.61 Å². The highest BCUT2D eigenvalue weighted by Gasteiger charge is 2.01. The van der Waals surface area contributed by atoms with Gasteiger partial charge in [0.1, 0.15) is 12.4 Å². The average Bonchev–Trinajstić information content (AvgIpc) is 2.38. The van der Waals surface area contributed by atoms with Crippen LogP contribution >= 0.6 is 0 Å². The number of benzene rings is 1. The fourth-order valence-corrected chi connectivity index (χ4v) is 1.53. The maximum absolute atomic E-state index is 5.83. The molecule has 3 heteroatoms. The molecule has 0 bridgehead atoms. The van der Waals surface area contributed by atoms with Crippen LogP contribution in [0.2, 0.25) is 0 Å². The summed E-state index contributed by atoms with van der Waals surface area (Å²) in [6.45, 7) is 2.51. The van der Waals surface area contributed by atoms with Gasteiger partial charge in [0.05, 0.1) is 0 Å². The summed E-state index contributed by atoms with van der Waals surface area (Å²) in [6, 6.07) is 11.8. The molecule has 2 N–H and O–H groups in total. The predicted molar refractivity (Wildman–Crippen MR) is 67.6 cm³/mol. The Labute approximate surface area is 101 Å². The SMILES string of the molecule is C[C@@H](N)c1cccc(OCc2ccncc2)c1. The third-order valence-corrected chi connectivity index (χ3v) is 2.54. The van der Waals surface area contributed by atoms with Crippen LogP contribution in [0.15, 0.2) is 48.8 Å². The minimum Gasteiger partial charge on any atom is -0.489 e. The molecule has 3 nitrogen and oxygen atoms in total. The van der Waals surface area contributed by atoms with E-state index in [1.807, 2.05) is 43.3 Å². The molecule has 0 radical (unpaired) electrons. The summed E-state index contributed by atoms with van der Waals surface area (Å²) in [5, 5.41) is 0. The molecule has 0 unspecified atom stereocenters. The number of ether oxygens (including phenoxy) is 1. The maximum Gasteiger partial charge on any atom is 0.120 e. The van der Waals surface area contributed by atoms with Crippen molar-refractivity contribution in [2.75, 3.05) is 0 Å². The van der Waals surface area contributed by atoms with Crippen molar-refractivity contribution in [3.63, 3.8) is 0 Å². The number of pyridine rings is 1. The first-order valence-corrected chi connectivity index (χ1v) is 5.63. The van der Waals surface area contributed by atoms with E-state index < -0.39 is 0 Å².